The molecule has 1 aliphatic carbocycles. The highest BCUT2D eigenvalue weighted by Crippen LogP contribution is 2.45. The Morgan fingerprint density at radius 3 is 2.59 bits per heavy atom. The lowest BCUT2D eigenvalue weighted by Gasteiger charge is -2.36. The van der Waals surface area contributed by atoms with Gasteiger partial charge >= 0.3 is 0 Å². The summed E-state index contributed by atoms with van der Waals surface area (Å²) in [7, 11) is 2.11. The van der Waals surface area contributed by atoms with Crippen LogP contribution in [-0.2, 0) is 6.42 Å². The Labute approximate surface area is 114 Å². The Balaban J connectivity index is 2.10. The van der Waals surface area contributed by atoms with E-state index in [9.17, 15) is 0 Å². The van der Waals surface area contributed by atoms with E-state index in [-0.39, 0.29) is 0 Å². The van der Waals surface area contributed by atoms with Crippen LogP contribution < -0.4 is 5.32 Å². The molecule has 1 N–H and O–H groups in total. The number of likely N-dealkylation sites (N-methyl/N-ethyl adjacent to an activating group) is 1. The van der Waals surface area contributed by atoms with E-state index in [4.69, 9.17) is 11.6 Å². The zero-order chi connectivity index (χ0) is 12.3. The van der Waals surface area contributed by atoms with Gasteiger partial charge in [-0.3, -0.25) is 0 Å². The van der Waals surface area contributed by atoms with Gasteiger partial charge in [-0.1, -0.05) is 31.4 Å². The standard InChI is InChI=1S/C14H22ClNS/c1-3-14(8-4-5-9-14)12(16-2)10-11-6-7-13(15)17-11/h6-7,12,16H,3-5,8-10H2,1-2H3. The maximum atomic E-state index is 6.01. The van der Waals surface area contributed by atoms with E-state index in [2.05, 4.69) is 25.4 Å². The highest BCUT2D eigenvalue weighted by Gasteiger charge is 2.38. The number of hydrogen-bond acceptors (Lipinski definition) is 2. The monoisotopic (exact) mass is 271 g/mol. The van der Waals surface area contributed by atoms with Crippen LogP contribution in [-0.4, -0.2) is 13.1 Å². The lowest BCUT2D eigenvalue weighted by Crippen LogP contribution is -2.43. The summed E-state index contributed by atoms with van der Waals surface area (Å²) in [4.78, 5) is 1.41. The minimum atomic E-state index is 0.519. The molecule has 17 heavy (non-hydrogen) atoms. The van der Waals surface area contributed by atoms with E-state index in [1.165, 1.54) is 37.0 Å². The molecular formula is C14H22ClNS. The summed E-state index contributed by atoms with van der Waals surface area (Å²) in [6.07, 6.45) is 7.98. The van der Waals surface area contributed by atoms with Crippen molar-refractivity contribution in [3.8, 4) is 0 Å². The van der Waals surface area contributed by atoms with Crippen LogP contribution in [0.5, 0.6) is 0 Å². The maximum absolute atomic E-state index is 6.01. The first-order valence-electron chi connectivity index (χ1n) is 6.61. The van der Waals surface area contributed by atoms with Crippen molar-refractivity contribution in [3.05, 3.63) is 21.3 Å². The molecule has 1 nitrogen and oxygen atoms in total. The van der Waals surface area contributed by atoms with E-state index in [1.54, 1.807) is 11.3 Å². The number of rotatable bonds is 5. The maximum Gasteiger partial charge on any atom is 0.0931 e. The summed E-state index contributed by atoms with van der Waals surface area (Å²) in [6, 6.07) is 4.79. The Bertz CT molecular complexity index is 355. The molecule has 1 aliphatic rings. The van der Waals surface area contributed by atoms with Crippen LogP contribution in [0.2, 0.25) is 4.34 Å². The topological polar surface area (TPSA) is 12.0 Å². The van der Waals surface area contributed by atoms with Crippen molar-refractivity contribution in [2.45, 2.75) is 51.5 Å². The fourth-order valence-corrected chi connectivity index (χ4v) is 4.45. The van der Waals surface area contributed by atoms with Crippen molar-refractivity contribution in [1.82, 2.24) is 5.32 Å². The van der Waals surface area contributed by atoms with Crippen LogP contribution in [0.4, 0.5) is 0 Å². The van der Waals surface area contributed by atoms with Gasteiger partial charge in [-0.05, 0) is 50.3 Å². The van der Waals surface area contributed by atoms with Crippen LogP contribution in [0.25, 0.3) is 0 Å². The Kier molecular flexibility index (Phi) is 4.51. The Morgan fingerprint density at radius 2 is 2.12 bits per heavy atom. The Hall–Kier alpha value is -0.0500. The molecule has 0 aliphatic heterocycles. The third kappa shape index (κ3) is 2.86. The second-order valence-electron chi connectivity index (χ2n) is 5.17. The predicted octanol–water partition coefficient (Wildman–Crippen LogP) is 4.50. The first-order valence-corrected chi connectivity index (χ1v) is 7.81. The summed E-state index contributed by atoms with van der Waals surface area (Å²) in [5.41, 5.74) is 0.519. The number of thiophene rings is 1. The number of nitrogens with one attached hydrogen (secondary N) is 1. The molecule has 1 saturated carbocycles. The van der Waals surface area contributed by atoms with Gasteiger partial charge in [-0.2, -0.15) is 0 Å². The first kappa shape index (κ1) is 13.4. The van der Waals surface area contributed by atoms with Crippen molar-refractivity contribution in [3.63, 3.8) is 0 Å². The molecule has 1 aromatic heterocycles. The van der Waals surface area contributed by atoms with Crippen molar-refractivity contribution in [2.75, 3.05) is 7.05 Å². The first-order chi connectivity index (χ1) is 8.20. The predicted molar refractivity (Wildman–Crippen MR) is 77.1 cm³/mol. The molecule has 0 bridgehead atoms. The molecule has 0 radical (unpaired) electrons. The van der Waals surface area contributed by atoms with Crippen molar-refractivity contribution in [2.24, 2.45) is 5.41 Å². The molecule has 1 aromatic rings. The van der Waals surface area contributed by atoms with Crippen molar-refractivity contribution < 1.29 is 0 Å². The van der Waals surface area contributed by atoms with E-state index in [0.29, 0.717) is 11.5 Å². The summed E-state index contributed by atoms with van der Waals surface area (Å²) >= 11 is 7.74. The molecule has 3 heteroatoms. The second kappa shape index (κ2) is 5.73. The molecule has 0 spiro atoms. The van der Waals surface area contributed by atoms with Gasteiger partial charge in [0.15, 0.2) is 0 Å². The van der Waals surface area contributed by atoms with Gasteiger partial charge in [-0.15, -0.1) is 11.3 Å². The van der Waals surface area contributed by atoms with Gasteiger partial charge in [-0.25, -0.2) is 0 Å². The Morgan fingerprint density at radius 1 is 1.41 bits per heavy atom. The summed E-state index contributed by atoms with van der Waals surface area (Å²) in [5, 5.41) is 3.56. The van der Waals surface area contributed by atoms with Crippen LogP contribution >= 0.6 is 22.9 Å². The molecule has 0 aromatic carbocycles. The molecular weight excluding hydrogens is 250 g/mol. The van der Waals surface area contributed by atoms with Crippen molar-refractivity contribution >= 4 is 22.9 Å². The van der Waals surface area contributed by atoms with Crippen LogP contribution in [0.3, 0.4) is 0 Å². The van der Waals surface area contributed by atoms with E-state index < -0.39 is 0 Å². The molecule has 96 valence electrons. The average Bonchev–Trinajstić information content (AvgIpc) is 2.95. The van der Waals surface area contributed by atoms with Gasteiger partial charge in [0.05, 0.1) is 4.34 Å². The molecule has 1 unspecified atom stereocenters. The lowest BCUT2D eigenvalue weighted by atomic mass is 9.75. The average molecular weight is 272 g/mol. The molecule has 0 saturated heterocycles. The summed E-state index contributed by atoms with van der Waals surface area (Å²) in [6.45, 7) is 2.34. The summed E-state index contributed by atoms with van der Waals surface area (Å²) in [5.74, 6) is 0. The van der Waals surface area contributed by atoms with E-state index in [1.807, 2.05) is 6.07 Å². The van der Waals surface area contributed by atoms with Gasteiger partial charge < -0.3 is 5.32 Å². The molecule has 2 rings (SSSR count). The third-order valence-electron chi connectivity index (χ3n) is 4.43. The van der Waals surface area contributed by atoms with Crippen LogP contribution in [0.1, 0.15) is 43.9 Å². The SMILES string of the molecule is CCC1(C(Cc2ccc(Cl)s2)NC)CCCC1. The van der Waals surface area contributed by atoms with Crippen LogP contribution in [0, 0.1) is 5.41 Å². The van der Waals surface area contributed by atoms with Gasteiger partial charge in [0.1, 0.15) is 0 Å². The van der Waals surface area contributed by atoms with Crippen LogP contribution in [0.15, 0.2) is 12.1 Å². The molecule has 1 fully saturated rings. The minimum absolute atomic E-state index is 0.519. The zero-order valence-corrected chi connectivity index (χ0v) is 12.3. The van der Waals surface area contributed by atoms with Gasteiger partial charge in [0.25, 0.3) is 0 Å². The molecule has 1 atom stereocenters. The van der Waals surface area contributed by atoms with Crippen molar-refractivity contribution in [1.29, 1.82) is 0 Å². The fourth-order valence-electron chi connectivity index (χ4n) is 3.31. The largest absolute Gasteiger partial charge is 0.316 e. The summed E-state index contributed by atoms with van der Waals surface area (Å²) < 4.78 is 0.909. The van der Waals surface area contributed by atoms with E-state index in [0.717, 1.165) is 10.8 Å². The smallest absolute Gasteiger partial charge is 0.0931 e. The number of hydrogen-bond donors (Lipinski definition) is 1. The lowest BCUT2D eigenvalue weighted by molar-refractivity contribution is 0.193. The highest BCUT2D eigenvalue weighted by molar-refractivity contribution is 7.16. The quantitative estimate of drug-likeness (QED) is 0.831. The zero-order valence-electron chi connectivity index (χ0n) is 10.8. The second-order valence-corrected chi connectivity index (χ2v) is 6.97. The van der Waals surface area contributed by atoms with E-state index >= 15 is 0 Å². The molecule has 0 amide bonds. The van der Waals surface area contributed by atoms with Gasteiger partial charge in [0, 0.05) is 10.9 Å². The molecule has 1 heterocycles. The minimum Gasteiger partial charge on any atom is -0.316 e. The number of halogens is 1. The van der Waals surface area contributed by atoms with Gasteiger partial charge in [0.2, 0.25) is 0 Å². The normalized spacial score (nSPS) is 20.6. The fraction of sp³-hybridized carbons (Fsp3) is 0.714. The highest BCUT2D eigenvalue weighted by atomic mass is 35.5. The third-order valence-corrected chi connectivity index (χ3v) is 5.68.